The maximum absolute atomic E-state index is 13.9. The van der Waals surface area contributed by atoms with Gasteiger partial charge in [0.25, 0.3) is 0 Å². The van der Waals surface area contributed by atoms with E-state index < -0.39 is 45.5 Å². The molecule has 766 valence electrons. The lowest BCUT2D eigenvalue weighted by Gasteiger charge is -2.70. The molecular formula is C118H153N3O18S3. The summed E-state index contributed by atoms with van der Waals surface area (Å²) in [7, 11) is 1.00. The number of allylic oxidation sites excluding steroid dienone is 9. The van der Waals surface area contributed by atoms with Crippen molar-refractivity contribution in [1.82, 2.24) is 0 Å². The predicted molar refractivity (Wildman–Crippen MR) is 563 cm³/mol. The Kier molecular flexibility index (Phi) is 31.1. The van der Waals surface area contributed by atoms with Crippen molar-refractivity contribution in [1.29, 1.82) is 0 Å². The zero-order chi connectivity index (χ0) is 104. The van der Waals surface area contributed by atoms with Crippen LogP contribution in [-0.2, 0) is 53.9 Å². The van der Waals surface area contributed by atoms with Crippen LogP contribution in [0.1, 0.15) is 356 Å². The molecule has 5 aromatic carbocycles. The molecule has 9 saturated carbocycles. The standard InChI is InChI=1S/C40H49NO6S.C36H45NO4S.C29H39NO3.C7H6OS.C4H6O3.CH4O.CH4/c1-23-32-27(20-28(46-24(2)42)33(23)47-25(3)43)38(6)17-19-40(8)31-22-37(5,35(41)45)15-14-36(31,4)16-18-39(40,7)30(38)21-29(32)48-34(44)26-12-10-9-11-13-26;1-21-28-23(18-24(38)29(21)39)34(4)15-17-36(6)27-20-33(3,31(37)41)13-12-32(27,2)14-16-35(36,5)26(34)19-25(28)42-30(40)22-10-8-7-9-11-22;1-17-18-7-8-21-27(4,19(18)15-20(31)23(17)32)12-14-29(6)22-16-26(3,24(30)33)10-9-25(22,2)11-13-28(21,29)5;8-7(9)6-4-2-1-3-5-6;1-3(5)7-4(2)6;1-2;/h9-13,20-21,29,31H,14-19,22H2,1-8H3,(H2,41,45);7-11,18-19,25,27,38-39H,12-17,20H2,1-6H3,(H2,37,41);7-8,15,22,32H,9-14,16H2,1-6H3,(H2,30,33);1-5H,(H,8,9);1-2H3;2H,1H3;1H4/t29?,31-,36-,37-,38+,39-,40+;25?,27-,32-,33-,34+,35-,36+;22-,25-,26-,27+,28-,29+;;;;/m111..../s1. The Morgan fingerprint density at radius 1 is 0.415 bits per heavy atom. The van der Waals surface area contributed by atoms with Crippen LogP contribution in [0.2, 0.25) is 0 Å². The van der Waals surface area contributed by atoms with Crippen molar-refractivity contribution >= 4 is 98.9 Å². The molecule has 13 aliphatic rings. The number of benzene rings is 5. The summed E-state index contributed by atoms with van der Waals surface area (Å²) in [6.07, 6.45) is 31.0. The van der Waals surface area contributed by atoms with Gasteiger partial charge in [0.2, 0.25) is 38.9 Å². The predicted octanol–water partition coefficient (Wildman–Crippen LogP) is 24.9. The number of thiol groups is 1. The molecule has 13 aliphatic carbocycles. The SMILES string of the molecule is C.CC(=O)OC(C)=O.CC(=O)Oc1cc2c(c(C)c1OC(C)=O)C(SC(=O)c1ccccc1)C=C1[C@@]2(C)CC[C@@]2(C)[C@@H]3C[C@](C)(C(N)=O)CC[C@]3(C)CC[C@]12C.CC1=C(O)C(=O)C=C2C1=CC=C1[C@@]2(C)CC[C@@]2(C)[C@@H]3C[C@](C)(C(N)=O)CC[C@]3(C)CC[C@]12C.CO.Cc1c(O)c(O)cc2c1C(SC(=O)c1ccccc1)C=C1[C@@]2(C)CC[C@@]2(C)[C@@H]3C[C@](C)(C(N)=O)CC[C@]3(C)CC[C@]12C.O=C(S)c1ccccc1. The fraction of sp³-hybridized carbons (Fsp3) is 0.551. The van der Waals surface area contributed by atoms with Crippen LogP contribution in [-0.4, -0.2) is 90.3 Å². The highest BCUT2D eigenvalue weighted by molar-refractivity contribution is 8.14. The molecule has 2 unspecified atom stereocenters. The van der Waals surface area contributed by atoms with Gasteiger partial charge in [0.15, 0.2) is 28.8 Å². The van der Waals surface area contributed by atoms with E-state index in [1.165, 1.54) is 67.9 Å². The third kappa shape index (κ3) is 18.8. The molecule has 0 spiro atoms. The van der Waals surface area contributed by atoms with Gasteiger partial charge in [-0.25, -0.2) is 0 Å². The van der Waals surface area contributed by atoms with Gasteiger partial charge in [-0.3, -0.25) is 52.7 Å². The van der Waals surface area contributed by atoms with Gasteiger partial charge in [-0.05, 0) is 279 Å². The van der Waals surface area contributed by atoms with Crippen molar-refractivity contribution in [2.45, 2.75) is 316 Å². The number of carbonyl (C=O) groups excluding carboxylic acids is 11. The molecule has 142 heavy (non-hydrogen) atoms. The van der Waals surface area contributed by atoms with E-state index in [0.29, 0.717) is 51.1 Å². The highest BCUT2D eigenvalue weighted by atomic mass is 32.2. The second-order valence-electron chi connectivity index (χ2n) is 46.9. The van der Waals surface area contributed by atoms with Crippen molar-refractivity contribution in [2.75, 3.05) is 7.11 Å². The number of amides is 3. The molecule has 0 bridgehead atoms. The van der Waals surface area contributed by atoms with Gasteiger partial charge in [0.05, 0.1) is 10.5 Å². The van der Waals surface area contributed by atoms with Crippen molar-refractivity contribution in [2.24, 2.45) is 105 Å². The number of aliphatic hydroxyl groups excluding tert-OH is 2. The van der Waals surface area contributed by atoms with Crippen LogP contribution in [0.25, 0.3) is 0 Å². The van der Waals surface area contributed by atoms with Crippen LogP contribution < -0.4 is 26.7 Å². The minimum Gasteiger partial charge on any atom is -0.504 e. The number of hydrogen-bond donors (Lipinski definition) is 8. The summed E-state index contributed by atoms with van der Waals surface area (Å²) in [6, 6.07) is 31.2. The first kappa shape index (κ1) is 111. The van der Waals surface area contributed by atoms with Crippen LogP contribution in [0.15, 0.2) is 173 Å². The molecule has 0 heterocycles. The van der Waals surface area contributed by atoms with E-state index in [-0.39, 0.29) is 145 Å². The number of hydrogen-bond acceptors (Lipinski definition) is 20. The number of carbonyl (C=O) groups is 11. The number of aliphatic hydroxyl groups is 2. The number of rotatable bonds is 10. The van der Waals surface area contributed by atoms with Crippen molar-refractivity contribution in [3.05, 3.63) is 223 Å². The summed E-state index contributed by atoms with van der Waals surface area (Å²) in [6.45, 7) is 45.6. The van der Waals surface area contributed by atoms with Gasteiger partial charge in [-0.15, -0.1) is 12.6 Å². The summed E-state index contributed by atoms with van der Waals surface area (Å²) >= 11 is 6.21. The number of esters is 4. The monoisotopic (exact) mass is 2000 g/mol. The summed E-state index contributed by atoms with van der Waals surface area (Å²) in [5, 5.41) is 38.1. The largest absolute Gasteiger partial charge is 0.504 e. The molecule has 18 rings (SSSR count). The number of ether oxygens (including phenoxy) is 3. The lowest BCUT2D eigenvalue weighted by molar-refractivity contribution is -0.167. The molecule has 0 saturated heterocycles. The Morgan fingerprint density at radius 3 is 1.11 bits per heavy atom. The van der Waals surface area contributed by atoms with Crippen molar-refractivity contribution in [3.8, 4) is 23.0 Å². The lowest BCUT2D eigenvalue weighted by Crippen LogP contribution is -2.63. The summed E-state index contributed by atoms with van der Waals surface area (Å²) < 4.78 is 15.4. The molecular weight excluding hydrogens is 1840 g/mol. The molecule has 24 heteroatoms. The number of fused-ring (bicyclic) bond motifs is 21. The summed E-state index contributed by atoms with van der Waals surface area (Å²) in [5.41, 5.74) is 29.4. The Hall–Kier alpha value is -9.88. The van der Waals surface area contributed by atoms with Crippen LogP contribution >= 0.6 is 36.2 Å². The molecule has 5 aromatic rings. The molecule has 21 nitrogen and oxygen atoms in total. The molecule has 0 aliphatic heterocycles. The fourth-order valence-corrected chi connectivity index (χ4v) is 31.9. The number of aromatic hydroxyl groups is 2. The third-order valence-corrected chi connectivity index (χ3v) is 41.5. The second kappa shape index (κ2) is 39.8. The van der Waals surface area contributed by atoms with Gasteiger partial charge in [-0.2, -0.15) is 0 Å². The number of phenolic OH excluding ortho intramolecular Hbond substituents is 2. The lowest BCUT2D eigenvalue weighted by atomic mass is 9.34. The van der Waals surface area contributed by atoms with Crippen molar-refractivity contribution < 1.29 is 87.4 Å². The average molecular weight is 2000 g/mol. The van der Waals surface area contributed by atoms with E-state index in [1.807, 2.05) is 106 Å². The van der Waals surface area contributed by atoms with Gasteiger partial charge < -0.3 is 51.8 Å². The van der Waals surface area contributed by atoms with Crippen LogP contribution in [0.3, 0.4) is 0 Å². The van der Waals surface area contributed by atoms with E-state index in [0.717, 1.165) is 175 Å². The Balaban J connectivity index is 0.000000176. The smallest absolute Gasteiger partial charge is 0.310 e. The van der Waals surface area contributed by atoms with E-state index >= 15 is 0 Å². The Bertz CT molecular complexity index is 6120. The number of phenols is 2. The van der Waals surface area contributed by atoms with Gasteiger partial charge >= 0.3 is 23.9 Å². The topological polar surface area (TPSA) is 374 Å². The first-order valence-corrected chi connectivity index (χ1v) is 52.3. The minimum atomic E-state index is -0.562. The quantitative estimate of drug-likeness (QED) is 0.0161. The number of nitrogens with two attached hydrogens (primary N) is 3. The Labute approximate surface area is 854 Å². The van der Waals surface area contributed by atoms with Crippen LogP contribution in [0.4, 0.5) is 0 Å². The number of ketones is 1. The van der Waals surface area contributed by atoms with Gasteiger partial charge in [-0.1, -0.05) is 267 Å². The molecule has 0 aromatic heterocycles. The third-order valence-electron chi connectivity index (χ3n) is 39.1. The molecule has 10 N–H and O–H groups in total. The zero-order valence-electron chi connectivity index (χ0n) is 86.9. The highest BCUT2D eigenvalue weighted by Gasteiger charge is 2.72. The van der Waals surface area contributed by atoms with E-state index in [4.69, 9.17) is 31.8 Å². The van der Waals surface area contributed by atoms with E-state index in [2.05, 4.69) is 146 Å². The first-order chi connectivity index (χ1) is 65.6. The van der Waals surface area contributed by atoms with Gasteiger partial charge in [0, 0.05) is 95.1 Å². The van der Waals surface area contributed by atoms with E-state index in [1.54, 1.807) is 24.3 Å². The van der Waals surface area contributed by atoms with Crippen LogP contribution in [0, 0.1) is 102 Å². The second-order valence-corrected chi connectivity index (χ2v) is 49.6. The first-order valence-electron chi connectivity index (χ1n) is 50.1. The zero-order valence-corrected chi connectivity index (χ0v) is 89.5. The minimum absolute atomic E-state index is 0. The fourth-order valence-electron chi connectivity index (χ4n) is 29.5. The summed E-state index contributed by atoms with van der Waals surface area (Å²) in [4.78, 5) is 133. The van der Waals surface area contributed by atoms with E-state index in [9.17, 15) is 68.1 Å². The van der Waals surface area contributed by atoms with Crippen molar-refractivity contribution in [3.63, 3.8) is 0 Å². The molecule has 9 fully saturated rings. The van der Waals surface area contributed by atoms with Gasteiger partial charge in [0.1, 0.15) is 0 Å². The maximum atomic E-state index is 13.9. The van der Waals surface area contributed by atoms with Crippen LogP contribution in [0.5, 0.6) is 23.0 Å². The Morgan fingerprint density at radius 2 is 0.761 bits per heavy atom. The number of thioether (sulfide) groups is 2. The average Bonchev–Trinajstić information content (AvgIpc) is 0.678. The summed E-state index contributed by atoms with van der Waals surface area (Å²) in [5.74, 6) is -1.82. The number of primary amides is 3. The molecule has 3 amide bonds. The highest BCUT2D eigenvalue weighted by Crippen LogP contribution is 2.80. The molecule has 0 radical (unpaired) electrons. The maximum Gasteiger partial charge on any atom is 0.310 e. The molecule has 20 atom stereocenters. The normalized spacial score (nSPS) is 35.2.